The van der Waals surface area contributed by atoms with Gasteiger partial charge in [-0.25, -0.2) is 0 Å². The van der Waals surface area contributed by atoms with Gasteiger partial charge in [-0.15, -0.1) is 11.8 Å². The van der Waals surface area contributed by atoms with Gasteiger partial charge in [-0.1, -0.05) is 15.9 Å². The van der Waals surface area contributed by atoms with E-state index in [0.717, 1.165) is 9.37 Å². The van der Waals surface area contributed by atoms with E-state index in [4.69, 9.17) is 0 Å². The highest BCUT2D eigenvalue weighted by atomic mass is 79.9. The third kappa shape index (κ3) is 4.82. The molecule has 0 saturated heterocycles. The second-order valence-corrected chi connectivity index (χ2v) is 6.11. The minimum Gasteiger partial charge on any atom is -0.353 e. The topological polar surface area (TPSA) is 46.2 Å². The third-order valence-corrected chi connectivity index (χ3v) is 3.79. The van der Waals surface area contributed by atoms with E-state index in [-0.39, 0.29) is 17.7 Å². The molecule has 1 N–H and O–H groups in total. The highest BCUT2D eigenvalue weighted by Gasteiger charge is 2.08. The lowest BCUT2D eigenvalue weighted by Gasteiger charge is -2.08. The van der Waals surface area contributed by atoms with E-state index in [9.17, 15) is 9.59 Å². The molecule has 5 heteroatoms. The molecule has 0 bridgehead atoms. The molecular formula is C13H16BrNO2S. The van der Waals surface area contributed by atoms with Crippen LogP contribution in [0.25, 0.3) is 0 Å². The number of benzene rings is 1. The second kappa shape index (κ2) is 6.95. The number of thioether (sulfide) groups is 1. The molecule has 0 aliphatic heterocycles. The molecular weight excluding hydrogens is 314 g/mol. The monoisotopic (exact) mass is 329 g/mol. The van der Waals surface area contributed by atoms with Crippen molar-refractivity contribution in [2.75, 3.05) is 5.75 Å². The number of halogens is 1. The van der Waals surface area contributed by atoms with Crippen molar-refractivity contribution in [2.45, 2.75) is 31.7 Å². The van der Waals surface area contributed by atoms with Crippen LogP contribution in [0.3, 0.4) is 0 Å². The summed E-state index contributed by atoms with van der Waals surface area (Å²) in [5.74, 6) is 0.419. The molecule has 0 fully saturated rings. The molecule has 1 aromatic carbocycles. The summed E-state index contributed by atoms with van der Waals surface area (Å²) in [6, 6.07) is 5.65. The summed E-state index contributed by atoms with van der Waals surface area (Å²) in [4.78, 5) is 23.7. The van der Waals surface area contributed by atoms with Crippen molar-refractivity contribution >= 4 is 39.4 Å². The lowest BCUT2D eigenvalue weighted by atomic mass is 10.2. The standard InChI is InChI=1S/C13H16BrNO2S/c1-8(2)15-13(17)7-18-10-4-5-11(9(3)16)12(14)6-10/h4-6,8H,7H2,1-3H3,(H,15,17). The van der Waals surface area contributed by atoms with Crippen LogP contribution in [0.15, 0.2) is 27.6 Å². The Balaban J connectivity index is 2.61. The number of rotatable bonds is 5. The van der Waals surface area contributed by atoms with E-state index in [1.54, 1.807) is 6.07 Å². The maximum atomic E-state index is 11.5. The van der Waals surface area contributed by atoms with Gasteiger partial charge in [0.1, 0.15) is 0 Å². The molecule has 0 aliphatic rings. The van der Waals surface area contributed by atoms with Crippen molar-refractivity contribution in [3.8, 4) is 0 Å². The minimum atomic E-state index is 0.0155. The summed E-state index contributed by atoms with van der Waals surface area (Å²) in [6.45, 7) is 5.39. The molecule has 1 amide bonds. The first-order valence-corrected chi connectivity index (χ1v) is 7.40. The number of hydrogen-bond acceptors (Lipinski definition) is 3. The zero-order valence-electron chi connectivity index (χ0n) is 10.6. The van der Waals surface area contributed by atoms with E-state index in [1.165, 1.54) is 18.7 Å². The van der Waals surface area contributed by atoms with Crippen LogP contribution in [-0.4, -0.2) is 23.5 Å². The SMILES string of the molecule is CC(=O)c1ccc(SCC(=O)NC(C)C)cc1Br. The summed E-state index contributed by atoms with van der Waals surface area (Å²) < 4.78 is 0.768. The third-order valence-electron chi connectivity index (χ3n) is 2.14. The average Bonchev–Trinajstić information content (AvgIpc) is 2.25. The largest absolute Gasteiger partial charge is 0.353 e. The fourth-order valence-electron chi connectivity index (χ4n) is 1.38. The number of hydrogen-bond donors (Lipinski definition) is 1. The Hall–Kier alpha value is -0.810. The summed E-state index contributed by atoms with van der Waals surface area (Å²) in [5, 5.41) is 2.83. The second-order valence-electron chi connectivity index (χ2n) is 4.21. The summed E-state index contributed by atoms with van der Waals surface area (Å²) in [7, 11) is 0. The quantitative estimate of drug-likeness (QED) is 0.666. The van der Waals surface area contributed by atoms with Crippen molar-refractivity contribution in [1.82, 2.24) is 5.32 Å². The Morgan fingerprint density at radius 1 is 1.39 bits per heavy atom. The molecule has 0 atom stereocenters. The molecule has 0 aliphatic carbocycles. The number of carbonyl (C=O) groups is 2. The van der Waals surface area contributed by atoms with Crippen LogP contribution in [0, 0.1) is 0 Å². The van der Waals surface area contributed by atoms with Crippen molar-refractivity contribution in [1.29, 1.82) is 0 Å². The van der Waals surface area contributed by atoms with Crippen LogP contribution in [0.5, 0.6) is 0 Å². The molecule has 0 unspecified atom stereocenters. The van der Waals surface area contributed by atoms with Crippen molar-refractivity contribution in [3.05, 3.63) is 28.2 Å². The van der Waals surface area contributed by atoms with Gasteiger partial charge in [0.25, 0.3) is 0 Å². The van der Waals surface area contributed by atoms with Gasteiger partial charge >= 0.3 is 0 Å². The molecule has 0 spiro atoms. The Morgan fingerprint density at radius 2 is 2.06 bits per heavy atom. The smallest absolute Gasteiger partial charge is 0.230 e. The number of ketones is 1. The summed E-state index contributed by atoms with van der Waals surface area (Å²) in [5.41, 5.74) is 0.658. The van der Waals surface area contributed by atoms with Crippen LogP contribution < -0.4 is 5.32 Å². The number of carbonyl (C=O) groups excluding carboxylic acids is 2. The molecule has 0 saturated carbocycles. The van der Waals surface area contributed by atoms with E-state index in [1.807, 2.05) is 26.0 Å². The molecule has 3 nitrogen and oxygen atoms in total. The summed E-state index contributed by atoms with van der Waals surface area (Å²) in [6.07, 6.45) is 0. The normalized spacial score (nSPS) is 10.5. The van der Waals surface area contributed by atoms with E-state index >= 15 is 0 Å². The van der Waals surface area contributed by atoms with Crippen molar-refractivity contribution in [3.63, 3.8) is 0 Å². The first-order chi connectivity index (χ1) is 8.40. The highest BCUT2D eigenvalue weighted by Crippen LogP contribution is 2.25. The van der Waals surface area contributed by atoms with E-state index < -0.39 is 0 Å². The Morgan fingerprint density at radius 3 is 2.56 bits per heavy atom. The van der Waals surface area contributed by atoms with Crippen LogP contribution in [0.4, 0.5) is 0 Å². The van der Waals surface area contributed by atoms with Gasteiger partial charge in [0, 0.05) is 21.0 Å². The van der Waals surface area contributed by atoms with Crippen LogP contribution in [-0.2, 0) is 4.79 Å². The fourth-order valence-corrected chi connectivity index (χ4v) is 2.94. The molecule has 1 aromatic rings. The highest BCUT2D eigenvalue weighted by molar-refractivity contribution is 9.10. The van der Waals surface area contributed by atoms with Crippen LogP contribution in [0.1, 0.15) is 31.1 Å². The maximum absolute atomic E-state index is 11.5. The Bertz CT molecular complexity index is 460. The van der Waals surface area contributed by atoms with Gasteiger partial charge in [0.15, 0.2) is 5.78 Å². The molecule has 1 rings (SSSR count). The van der Waals surface area contributed by atoms with Gasteiger partial charge < -0.3 is 5.32 Å². The number of Topliss-reactive ketones (excluding diaryl/α,β-unsaturated/α-hetero) is 1. The lowest BCUT2D eigenvalue weighted by Crippen LogP contribution is -2.31. The maximum Gasteiger partial charge on any atom is 0.230 e. The van der Waals surface area contributed by atoms with Crippen molar-refractivity contribution in [2.24, 2.45) is 0 Å². The predicted molar refractivity (Wildman–Crippen MR) is 78.1 cm³/mol. The minimum absolute atomic E-state index is 0.0155. The van der Waals surface area contributed by atoms with Crippen LogP contribution in [0.2, 0.25) is 0 Å². The first-order valence-electron chi connectivity index (χ1n) is 5.62. The average molecular weight is 330 g/mol. The van der Waals surface area contributed by atoms with Crippen LogP contribution >= 0.6 is 27.7 Å². The van der Waals surface area contributed by atoms with E-state index in [2.05, 4.69) is 21.2 Å². The molecule has 0 radical (unpaired) electrons. The summed E-state index contributed by atoms with van der Waals surface area (Å²) >= 11 is 4.81. The molecule has 0 heterocycles. The van der Waals surface area contributed by atoms with Gasteiger partial charge in [0.2, 0.25) is 5.91 Å². The lowest BCUT2D eigenvalue weighted by molar-refractivity contribution is -0.119. The molecule has 18 heavy (non-hydrogen) atoms. The zero-order valence-corrected chi connectivity index (χ0v) is 13.0. The predicted octanol–water partition coefficient (Wildman–Crippen LogP) is 3.27. The van der Waals surface area contributed by atoms with Crippen molar-refractivity contribution < 1.29 is 9.59 Å². The molecule has 0 aromatic heterocycles. The molecule has 98 valence electrons. The van der Waals surface area contributed by atoms with Gasteiger partial charge in [-0.2, -0.15) is 0 Å². The van der Waals surface area contributed by atoms with E-state index in [0.29, 0.717) is 11.3 Å². The van der Waals surface area contributed by atoms with Gasteiger partial charge in [-0.3, -0.25) is 9.59 Å². The number of amides is 1. The van der Waals surface area contributed by atoms with Gasteiger partial charge in [0.05, 0.1) is 5.75 Å². The fraction of sp³-hybridized carbons (Fsp3) is 0.385. The first kappa shape index (κ1) is 15.2. The number of nitrogens with one attached hydrogen (secondary N) is 1. The Labute approximate surface area is 120 Å². The van der Waals surface area contributed by atoms with Gasteiger partial charge in [-0.05, 0) is 39.0 Å². The zero-order chi connectivity index (χ0) is 13.7. The Kier molecular flexibility index (Phi) is 5.88.